The lowest BCUT2D eigenvalue weighted by Crippen LogP contribution is -2.27. The molecule has 0 bridgehead atoms. The number of hydrogen-bond donors (Lipinski definition) is 1. The predicted octanol–water partition coefficient (Wildman–Crippen LogP) is 7.06. The third-order valence-electron chi connectivity index (χ3n) is 5.72. The van der Waals surface area contributed by atoms with Gasteiger partial charge in [0.2, 0.25) is 0 Å². The molecule has 32 heavy (non-hydrogen) atoms. The van der Waals surface area contributed by atoms with Crippen LogP contribution in [0.15, 0.2) is 82.9 Å². The standard InChI is InChI=1S/C27H34F2N2O/c1-8-23(12-10-21(4)26(6,28)29)18-32-22(5)11-14-25(30-7)31-27(15-16-27)24-13-9-19(2)20(3)17-24/h8-14,17,31H,4,7,15-16,18H2,1-3,5-6H3/b12-10-,22-11+,23-8+,25-14+. The molecule has 1 aromatic rings. The average Bonchev–Trinajstić information content (AvgIpc) is 3.52. The largest absolute Gasteiger partial charge is 0.494 e. The fraction of sp³-hybridized carbons (Fsp3) is 0.370. The highest BCUT2D eigenvalue weighted by Crippen LogP contribution is 2.46. The van der Waals surface area contributed by atoms with Crippen molar-refractivity contribution in [1.29, 1.82) is 0 Å². The Kier molecular flexibility index (Phi) is 8.37. The van der Waals surface area contributed by atoms with Crippen LogP contribution in [-0.4, -0.2) is 19.2 Å². The van der Waals surface area contributed by atoms with Crippen LogP contribution in [-0.2, 0) is 10.3 Å². The van der Waals surface area contributed by atoms with Crippen LogP contribution >= 0.6 is 0 Å². The molecule has 0 aliphatic heterocycles. The highest BCUT2D eigenvalue weighted by atomic mass is 19.3. The molecule has 0 saturated heterocycles. The minimum atomic E-state index is -2.94. The molecular formula is C27H34F2N2O. The van der Waals surface area contributed by atoms with E-state index in [2.05, 4.69) is 55.7 Å². The summed E-state index contributed by atoms with van der Waals surface area (Å²) in [5, 5.41) is 3.52. The molecule has 1 aromatic carbocycles. The van der Waals surface area contributed by atoms with Crippen LogP contribution in [0.5, 0.6) is 0 Å². The maximum atomic E-state index is 13.2. The van der Waals surface area contributed by atoms with E-state index in [-0.39, 0.29) is 17.7 Å². The van der Waals surface area contributed by atoms with Crippen molar-refractivity contribution < 1.29 is 13.5 Å². The molecule has 0 radical (unpaired) electrons. The van der Waals surface area contributed by atoms with Gasteiger partial charge in [-0.3, -0.25) is 0 Å². The summed E-state index contributed by atoms with van der Waals surface area (Å²) in [4.78, 5) is 4.13. The fourth-order valence-electron chi connectivity index (χ4n) is 3.05. The van der Waals surface area contributed by atoms with Crippen molar-refractivity contribution in [3.05, 3.63) is 94.6 Å². The SMILES string of the molecule is C=N/C(=C\C=C(/C)OCC(/C=C\C(=C)C(C)(F)F)=C/C)NC1(c2ccc(C)c(C)c2)CC1. The van der Waals surface area contributed by atoms with Crippen LogP contribution in [0, 0.1) is 13.8 Å². The lowest BCUT2D eigenvalue weighted by molar-refractivity contribution is 0.0680. The molecule has 0 unspecified atom stereocenters. The first-order valence-electron chi connectivity index (χ1n) is 10.8. The molecule has 1 fully saturated rings. The first-order valence-corrected chi connectivity index (χ1v) is 10.8. The van der Waals surface area contributed by atoms with Crippen molar-refractivity contribution in [3.8, 4) is 0 Å². The summed E-state index contributed by atoms with van der Waals surface area (Å²) < 4.78 is 32.2. The predicted molar refractivity (Wildman–Crippen MR) is 130 cm³/mol. The Hall–Kier alpha value is -2.95. The number of aliphatic imine (C=N–C) groups is 1. The highest BCUT2D eigenvalue weighted by Gasteiger charge is 2.44. The van der Waals surface area contributed by atoms with E-state index in [9.17, 15) is 8.78 Å². The summed E-state index contributed by atoms with van der Waals surface area (Å²) in [6, 6.07) is 6.55. The number of rotatable bonds is 11. The van der Waals surface area contributed by atoms with Crippen molar-refractivity contribution in [2.24, 2.45) is 4.99 Å². The molecule has 0 atom stereocenters. The van der Waals surface area contributed by atoms with Gasteiger partial charge in [-0.15, -0.1) is 0 Å². The van der Waals surface area contributed by atoms with E-state index in [1.54, 1.807) is 6.08 Å². The molecule has 0 aromatic heterocycles. The van der Waals surface area contributed by atoms with Crippen molar-refractivity contribution in [2.75, 3.05) is 6.61 Å². The van der Waals surface area contributed by atoms with Crippen molar-refractivity contribution >= 4 is 6.72 Å². The van der Waals surface area contributed by atoms with E-state index in [0.717, 1.165) is 25.3 Å². The number of nitrogens with zero attached hydrogens (tertiary/aromatic N) is 1. The lowest BCUT2D eigenvalue weighted by atomic mass is 9.99. The molecule has 5 heteroatoms. The quantitative estimate of drug-likeness (QED) is 0.227. The summed E-state index contributed by atoms with van der Waals surface area (Å²) in [6.07, 6.45) is 10.5. The molecule has 172 valence electrons. The molecule has 0 heterocycles. The number of ether oxygens (including phenoxy) is 1. The Morgan fingerprint density at radius 3 is 2.44 bits per heavy atom. The average molecular weight is 441 g/mol. The van der Waals surface area contributed by atoms with Gasteiger partial charge >= 0.3 is 0 Å². The van der Waals surface area contributed by atoms with Gasteiger partial charge in [-0.05, 0) is 81.7 Å². The topological polar surface area (TPSA) is 33.6 Å². The van der Waals surface area contributed by atoms with Gasteiger partial charge in [0.25, 0.3) is 5.92 Å². The first-order chi connectivity index (χ1) is 15.0. The summed E-state index contributed by atoms with van der Waals surface area (Å²) >= 11 is 0. The third-order valence-corrected chi connectivity index (χ3v) is 5.72. The Balaban J connectivity index is 2.00. The Labute approximate surface area is 191 Å². The van der Waals surface area contributed by atoms with Gasteiger partial charge in [0.15, 0.2) is 0 Å². The molecule has 0 amide bonds. The van der Waals surface area contributed by atoms with Gasteiger partial charge in [0.05, 0.1) is 11.3 Å². The minimum Gasteiger partial charge on any atom is -0.494 e. The molecule has 1 aliphatic rings. The first kappa shape index (κ1) is 25.3. The molecule has 1 aliphatic carbocycles. The number of aryl methyl sites for hydroxylation is 2. The van der Waals surface area contributed by atoms with E-state index >= 15 is 0 Å². The highest BCUT2D eigenvalue weighted by molar-refractivity contribution is 5.39. The van der Waals surface area contributed by atoms with Crippen LogP contribution in [0.2, 0.25) is 0 Å². The Morgan fingerprint density at radius 1 is 1.22 bits per heavy atom. The Morgan fingerprint density at radius 2 is 1.91 bits per heavy atom. The van der Waals surface area contributed by atoms with Gasteiger partial charge in [0.1, 0.15) is 12.4 Å². The zero-order valence-electron chi connectivity index (χ0n) is 19.8. The third kappa shape index (κ3) is 7.04. The maximum absolute atomic E-state index is 13.2. The van der Waals surface area contributed by atoms with Crippen LogP contribution in [0.1, 0.15) is 50.3 Å². The van der Waals surface area contributed by atoms with E-state index in [1.807, 2.05) is 32.1 Å². The number of halogens is 2. The normalized spacial score (nSPS) is 16.8. The summed E-state index contributed by atoms with van der Waals surface area (Å²) in [7, 11) is 0. The van der Waals surface area contributed by atoms with Gasteiger partial charge in [-0.1, -0.05) is 43.0 Å². The zero-order chi connectivity index (χ0) is 23.9. The van der Waals surface area contributed by atoms with E-state index < -0.39 is 5.92 Å². The second-order valence-corrected chi connectivity index (χ2v) is 8.39. The molecule has 1 N–H and O–H groups in total. The zero-order valence-corrected chi connectivity index (χ0v) is 19.8. The van der Waals surface area contributed by atoms with Gasteiger partial charge in [-0.2, -0.15) is 0 Å². The maximum Gasteiger partial charge on any atom is 0.269 e. The fourth-order valence-corrected chi connectivity index (χ4v) is 3.05. The summed E-state index contributed by atoms with van der Waals surface area (Å²) in [5.74, 6) is -1.58. The second-order valence-electron chi connectivity index (χ2n) is 8.39. The Bertz CT molecular complexity index is 974. The minimum absolute atomic E-state index is 0.0965. The smallest absolute Gasteiger partial charge is 0.269 e. The van der Waals surface area contributed by atoms with Crippen LogP contribution in [0.4, 0.5) is 8.78 Å². The second kappa shape index (κ2) is 10.6. The van der Waals surface area contributed by atoms with Crippen molar-refractivity contribution in [3.63, 3.8) is 0 Å². The van der Waals surface area contributed by atoms with Crippen LogP contribution in [0.3, 0.4) is 0 Å². The number of hydrogen-bond acceptors (Lipinski definition) is 3. The molecular weight excluding hydrogens is 406 g/mol. The molecule has 2 rings (SSSR count). The number of alkyl halides is 2. The molecule has 1 saturated carbocycles. The van der Waals surface area contributed by atoms with Gasteiger partial charge in [0, 0.05) is 12.5 Å². The lowest BCUT2D eigenvalue weighted by Gasteiger charge is -2.20. The van der Waals surface area contributed by atoms with E-state index in [0.29, 0.717) is 11.6 Å². The number of nitrogens with one attached hydrogen (secondary N) is 1. The van der Waals surface area contributed by atoms with Crippen molar-refractivity contribution in [2.45, 2.75) is 58.9 Å². The van der Waals surface area contributed by atoms with Crippen LogP contribution < -0.4 is 5.32 Å². The molecule has 3 nitrogen and oxygen atoms in total. The summed E-state index contributed by atoms with van der Waals surface area (Å²) in [6.45, 7) is 16.1. The van der Waals surface area contributed by atoms with Crippen LogP contribution in [0.25, 0.3) is 0 Å². The number of allylic oxidation sites excluding steroid dienone is 6. The monoisotopic (exact) mass is 440 g/mol. The van der Waals surface area contributed by atoms with E-state index in [1.165, 1.54) is 22.8 Å². The van der Waals surface area contributed by atoms with E-state index in [4.69, 9.17) is 4.74 Å². The summed E-state index contributed by atoms with van der Waals surface area (Å²) in [5.41, 5.74) is 4.26. The van der Waals surface area contributed by atoms with Gasteiger partial charge in [-0.25, -0.2) is 13.8 Å². The molecule has 0 spiro atoms. The van der Waals surface area contributed by atoms with Crippen molar-refractivity contribution in [1.82, 2.24) is 5.32 Å². The van der Waals surface area contributed by atoms with Gasteiger partial charge < -0.3 is 10.1 Å². The number of benzene rings is 1.